The normalized spacial score (nSPS) is 10.9. The van der Waals surface area contributed by atoms with Crippen LogP contribution in [-0.4, -0.2) is 20.7 Å². The van der Waals surface area contributed by atoms with Gasteiger partial charge in [0.15, 0.2) is 0 Å². The Bertz CT molecular complexity index is 909. The van der Waals surface area contributed by atoms with Crippen LogP contribution in [0.2, 0.25) is 0 Å². The van der Waals surface area contributed by atoms with Crippen molar-refractivity contribution in [3.8, 4) is 5.75 Å². The first-order valence-corrected chi connectivity index (χ1v) is 8.93. The molecule has 0 spiro atoms. The number of ether oxygens (including phenoxy) is 1. The largest absolute Gasteiger partial charge is 0.488 e. The van der Waals surface area contributed by atoms with Gasteiger partial charge in [-0.25, -0.2) is 4.68 Å². The molecule has 140 valence electrons. The second-order valence-corrected chi connectivity index (χ2v) is 6.80. The molecule has 2 aromatic heterocycles. The minimum Gasteiger partial charge on any atom is -0.488 e. The van der Waals surface area contributed by atoms with Gasteiger partial charge >= 0.3 is 0 Å². The minimum atomic E-state index is -0.164. The fourth-order valence-electron chi connectivity index (χ4n) is 2.96. The predicted molar refractivity (Wildman–Crippen MR) is 105 cm³/mol. The Kier molecular flexibility index (Phi) is 5.54. The van der Waals surface area contributed by atoms with E-state index < -0.39 is 0 Å². The lowest BCUT2D eigenvalue weighted by Gasteiger charge is -2.15. The SMILES string of the molecule is Cc1cc(C(=O)Nc2ccnn2C(C)C)cc(C)c1OCc1cccnc1. The molecule has 0 aliphatic rings. The second-order valence-electron chi connectivity index (χ2n) is 6.80. The number of rotatable bonds is 6. The van der Waals surface area contributed by atoms with Gasteiger partial charge < -0.3 is 10.1 Å². The summed E-state index contributed by atoms with van der Waals surface area (Å²) in [4.78, 5) is 16.8. The molecule has 0 aliphatic carbocycles. The van der Waals surface area contributed by atoms with Gasteiger partial charge in [-0.2, -0.15) is 5.10 Å². The number of carbonyl (C=O) groups excluding carboxylic acids is 1. The summed E-state index contributed by atoms with van der Waals surface area (Å²) >= 11 is 0. The molecular formula is C21H24N4O2. The van der Waals surface area contributed by atoms with E-state index in [1.807, 2.05) is 52.0 Å². The summed E-state index contributed by atoms with van der Waals surface area (Å²) in [6.45, 7) is 8.37. The molecule has 6 heteroatoms. The van der Waals surface area contributed by atoms with Crippen LogP contribution in [0.5, 0.6) is 5.75 Å². The molecule has 1 aromatic carbocycles. The van der Waals surface area contributed by atoms with Crippen LogP contribution in [0.1, 0.15) is 46.9 Å². The maximum absolute atomic E-state index is 12.7. The van der Waals surface area contributed by atoms with Crippen LogP contribution in [0, 0.1) is 13.8 Å². The van der Waals surface area contributed by atoms with Crippen molar-refractivity contribution in [2.45, 2.75) is 40.3 Å². The number of pyridine rings is 1. The van der Waals surface area contributed by atoms with Crippen LogP contribution in [0.25, 0.3) is 0 Å². The number of nitrogens with one attached hydrogen (secondary N) is 1. The Labute approximate surface area is 159 Å². The van der Waals surface area contributed by atoms with Crippen molar-refractivity contribution in [1.82, 2.24) is 14.8 Å². The summed E-state index contributed by atoms with van der Waals surface area (Å²) in [5, 5.41) is 7.17. The van der Waals surface area contributed by atoms with Crippen LogP contribution >= 0.6 is 0 Å². The maximum Gasteiger partial charge on any atom is 0.256 e. The Balaban J connectivity index is 1.75. The van der Waals surface area contributed by atoms with Crippen LogP contribution < -0.4 is 10.1 Å². The van der Waals surface area contributed by atoms with Crippen LogP contribution in [0.15, 0.2) is 48.9 Å². The van der Waals surface area contributed by atoms with Crippen molar-refractivity contribution >= 4 is 11.7 Å². The van der Waals surface area contributed by atoms with E-state index in [-0.39, 0.29) is 11.9 Å². The molecule has 1 amide bonds. The molecular weight excluding hydrogens is 340 g/mol. The van der Waals surface area contributed by atoms with Gasteiger partial charge in [0.05, 0.1) is 6.20 Å². The highest BCUT2D eigenvalue weighted by molar-refractivity contribution is 6.04. The number of carbonyl (C=O) groups is 1. The zero-order valence-electron chi connectivity index (χ0n) is 16.1. The van der Waals surface area contributed by atoms with Gasteiger partial charge in [0, 0.05) is 35.6 Å². The standard InChI is InChI=1S/C21H24N4O2/c1-14(2)25-19(7-9-23-25)24-21(26)18-10-15(3)20(16(4)11-18)27-13-17-6-5-8-22-12-17/h5-12,14H,13H2,1-4H3,(H,24,26). The topological polar surface area (TPSA) is 69.0 Å². The first-order valence-electron chi connectivity index (χ1n) is 8.93. The van der Waals surface area contributed by atoms with E-state index in [0.717, 1.165) is 22.4 Å². The van der Waals surface area contributed by atoms with Crippen molar-refractivity contribution in [3.05, 3.63) is 71.2 Å². The Morgan fingerprint density at radius 1 is 1.19 bits per heavy atom. The van der Waals surface area contributed by atoms with E-state index in [1.165, 1.54) is 0 Å². The van der Waals surface area contributed by atoms with Gasteiger partial charge in [0.25, 0.3) is 5.91 Å². The highest BCUT2D eigenvalue weighted by Crippen LogP contribution is 2.26. The zero-order valence-corrected chi connectivity index (χ0v) is 16.1. The summed E-state index contributed by atoms with van der Waals surface area (Å²) < 4.78 is 7.74. The third kappa shape index (κ3) is 4.34. The number of aryl methyl sites for hydroxylation is 2. The zero-order chi connectivity index (χ0) is 19.4. The van der Waals surface area contributed by atoms with E-state index in [4.69, 9.17) is 4.74 Å². The lowest BCUT2D eigenvalue weighted by atomic mass is 10.0. The summed E-state index contributed by atoms with van der Waals surface area (Å²) in [5.74, 6) is 1.31. The van der Waals surface area contributed by atoms with Gasteiger partial charge in [-0.3, -0.25) is 9.78 Å². The van der Waals surface area contributed by atoms with Crippen molar-refractivity contribution in [1.29, 1.82) is 0 Å². The Morgan fingerprint density at radius 3 is 2.56 bits per heavy atom. The van der Waals surface area contributed by atoms with Crippen molar-refractivity contribution in [2.75, 3.05) is 5.32 Å². The predicted octanol–water partition coefficient (Wildman–Crippen LogP) is 4.31. The summed E-state index contributed by atoms with van der Waals surface area (Å²) in [7, 11) is 0. The van der Waals surface area contributed by atoms with Crippen molar-refractivity contribution in [3.63, 3.8) is 0 Å². The molecule has 0 atom stereocenters. The van der Waals surface area contributed by atoms with Crippen LogP contribution in [-0.2, 0) is 6.61 Å². The van der Waals surface area contributed by atoms with E-state index in [0.29, 0.717) is 18.0 Å². The summed E-state index contributed by atoms with van der Waals surface area (Å²) in [6.07, 6.45) is 5.20. The Hall–Kier alpha value is -3.15. The van der Waals surface area contributed by atoms with Gasteiger partial charge in [-0.15, -0.1) is 0 Å². The van der Waals surface area contributed by atoms with Gasteiger partial charge in [-0.05, 0) is 57.0 Å². The van der Waals surface area contributed by atoms with Gasteiger partial charge in [0.1, 0.15) is 18.2 Å². The van der Waals surface area contributed by atoms with Crippen molar-refractivity contribution < 1.29 is 9.53 Å². The third-order valence-electron chi connectivity index (χ3n) is 4.23. The molecule has 0 fully saturated rings. The number of aromatic nitrogens is 3. The molecule has 3 aromatic rings. The van der Waals surface area contributed by atoms with E-state index in [9.17, 15) is 4.79 Å². The number of benzene rings is 1. The lowest BCUT2D eigenvalue weighted by Crippen LogP contribution is -2.17. The number of hydrogen-bond donors (Lipinski definition) is 1. The molecule has 3 rings (SSSR count). The quantitative estimate of drug-likeness (QED) is 0.708. The molecule has 6 nitrogen and oxygen atoms in total. The molecule has 0 saturated carbocycles. The number of nitrogens with zero attached hydrogens (tertiary/aromatic N) is 3. The fraction of sp³-hybridized carbons (Fsp3) is 0.286. The van der Waals surface area contributed by atoms with E-state index in [2.05, 4.69) is 15.4 Å². The maximum atomic E-state index is 12.7. The molecule has 0 aliphatic heterocycles. The van der Waals surface area contributed by atoms with Crippen LogP contribution in [0.4, 0.5) is 5.82 Å². The third-order valence-corrected chi connectivity index (χ3v) is 4.23. The number of amides is 1. The monoisotopic (exact) mass is 364 g/mol. The smallest absolute Gasteiger partial charge is 0.256 e. The van der Waals surface area contributed by atoms with E-state index >= 15 is 0 Å². The molecule has 0 radical (unpaired) electrons. The van der Waals surface area contributed by atoms with Crippen LogP contribution in [0.3, 0.4) is 0 Å². The number of hydrogen-bond acceptors (Lipinski definition) is 4. The summed E-state index contributed by atoms with van der Waals surface area (Å²) in [6, 6.07) is 9.50. The number of anilines is 1. The average Bonchev–Trinajstić information content (AvgIpc) is 3.10. The average molecular weight is 364 g/mol. The first-order chi connectivity index (χ1) is 13.0. The Morgan fingerprint density at radius 2 is 1.93 bits per heavy atom. The molecule has 2 heterocycles. The second kappa shape index (κ2) is 8.03. The molecule has 27 heavy (non-hydrogen) atoms. The molecule has 0 bridgehead atoms. The van der Waals surface area contributed by atoms with Gasteiger partial charge in [0.2, 0.25) is 0 Å². The molecule has 0 saturated heterocycles. The highest BCUT2D eigenvalue weighted by Gasteiger charge is 2.14. The fourth-order valence-corrected chi connectivity index (χ4v) is 2.96. The molecule has 0 unspecified atom stereocenters. The summed E-state index contributed by atoms with van der Waals surface area (Å²) in [5.41, 5.74) is 3.43. The first kappa shape index (κ1) is 18.6. The minimum absolute atomic E-state index is 0.164. The van der Waals surface area contributed by atoms with E-state index in [1.54, 1.807) is 29.3 Å². The van der Waals surface area contributed by atoms with Gasteiger partial charge in [-0.1, -0.05) is 6.07 Å². The lowest BCUT2D eigenvalue weighted by molar-refractivity contribution is 0.102. The van der Waals surface area contributed by atoms with Crippen molar-refractivity contribution in [2.24, 2.45) is 0 Å². The highest BCUT2D eigenvalue weighted by atomic mass is 16.5. The molecule has 1 N–H and O–H groups in total.